The molecule has 0 N–H and O–H groups in total. The highest BCUT2D eigenvalue weighted by atomic mass is 79.9. The monoisotopic (exact) mass is 291 g/mol. The minimum Gasteiger partial charge on any atom is -0.356 e. The average Bonchev–Trinajstić information content (AvgIpc) is 2.21. The smallest absolute Gasteiger partial charge is 0.224 e. The minimum atomic E-state index is 0.297. The number of aromatic nitrogens is 2. The Morgan fingerprint density at radius 3 is 2.47 bits per heavy atom. The van der Waals surface area contributed by atoms with Crippen LogP contribution in [0.3, 0.4) is 0 Å². The van der Waals surface area contributed by atoms with Crippen LogP contribution >= 0.6 is 27.5 Å². The fourth-order valence-corrected chi connectivity index (χ4v) is 1.99. The van der Waals surface area contributed by atoms with E-state index < -0.39 is 0 Å². The highest BCUT2D eigenvalue weighted by Gasteiger charge is 2.11. The van der Waals surface area contributed by atoms with Crippen LogP contribution in [0.1, 0.15) is 26.7 Å². The van der Waals surface area contributed by atoms with Gasteiger partial charge in [-0.15, -0.1) is 0 Å². The lowest BCUT2D eigenvalue weighted by atomic mass is 10.3. The van der Waals surface area contributed by atoms with E-state index >= 15 is 0 Å². The fourth-order valence-electron chi connectivity index (χ4n) is 1.42. The van der Waals surface area contributed by atoms with Gasteiger partial charge in [0.15, 0.2) is 0 Å². The van der Waals surface area contributed by atoms with Crippen LogP contribution in [0.15, 0.2) is 10.7 Å². The minimum absolute atomic E-state index is 0.297. The van der Waals surface area contributed by atoms with Crippen LogP contribution in [0.2, 0.25) is 5.28 Å². The van der Waals surface area contributed by atoms with E-state index in [4.69, 9.17) is 11.6 Å². The first-order valence-corrected chi connectivity index (χ1v) is 6.29. The molecule has 0 fully saturated rings. The summed E-state index contributed by atoms with van der Waals surface area (Å²) in [6.45, 7) is 6.28. The Kier molecular flexibility index (Phi) is 5.32. The fraction of sp³-hybridized carbons (Fsp3) is 0.600. The molecule has 0 saturated heterocycles. The van der Waals surface area contributed by atoms with Gasteiger partial charge in [0.25, 0.3) is 0 Å². The topological polar surface area (TPSA) is 29.0 Å². The normalized spacial score (nSPS) is 10.4. The number of hydrogen-bond donors (Lipinski definition) is 0. The third-order valence-electron chi connectivity index (χ3n) is 1.98. The summed E-state index contributed by atoms with van der Waals surface area (Å²) < 4.78 is 0.897. The molecule has 5 heteroatoms. The second kappa shape index (κ2) is 6.28. The van der Waals surface area contributed by atoms with E-state index in [2.05, 4.69) is 44.6 Å². The molecule has 1 heterocycles. The molecule has 0 atom stereocenters. The van der Waals surface area contributed by atoms with E-state index in [0.717, 1.165) is 36.2 Å². The second-order valence-corrected chi connectivity index (χ2v) is 4.49. The zero-order valence-corrected chi connectivity index (χ0v) is 11.3. The Bertz CT molecular complexity index is 314. The first kappa shape index (κ1) is 12.7. The van der Waals surface area contributed by atoms with Crippen LogP contribution in [-0.4, -0.2) is 23.1 Å². The molecular formula is C10H15BrClN3. The van der Waals surface area contributed by atoms with Crippen LogP contribution < -0.4 is 4.90 Å². The van der Waals surface area contributed by atoms with Crippen molar-refractivity contribution >= 4 is 33.3 Å². The number of rotatable bonds is 5. The van der Waals surface area contributed by atoms with Crippen molar-refractivity contribution in [3.63, 3.8) is 0 Å². The Labute approximate surface area is 104 Å². The molecule has 0 unspecified atom stereocenters. The molecular weight excluding hydrogens is 277 g/mol. The van der Waals surface area contributed by atoms with Gasteiger partial charge in [-0.1, -0.05) is 13.8 Å². The standard InChI is InChI=1S/C10H15BrClN3/c1-3-5-15(6-4-2)9-8(11)7-13-10(12)14-9/h7H,3-6H2,1-2H3. The number of nitrogens with zero attached hydrogens (tertiary/aromatic N) is 3. The Hall–Kier alpha value is -0.350. The second-order valence-electron chi connectivity index (χ2n) is 3.30. The summed E-state index contributed by atoms with van der Waals surface area (Å²) >= 11 is 9.24. The van der Waals surface area contributed by atoms with Gasteiger partial charge in [0, 0.05) is 19.3 Å². The van der Waals surface area contributed by atoms with Crippen LogP contribution in [0.25, 0.3) is 0 Å². The van der Waals surface area contributed by atoms with E-state index in [9.17, 15) is 0 Å². The zero-order valence-electron chi connectivity index (χ0n) is 9.00. The van der Waals surface area contributed by atoms with Gasteiger partial charge in [0.2, 0.25) is 5.28 Å². The van der Waals surface area contributed by atoms with Crippen LogP contribution in [0.4, 0.5) is 5.82 Å². The largest absolute Gasteiger partial charge is 0.356 e. The lowest BCUT2D eigenvalue weighted by Gasteiger charge is -2.23. The predicted octanol–water partition coefficient (Wildman–Crippen LogP) is 3.52. The van der Waals surface area contributed by atoms with E-state index in [-0.39, 0.29) is 0 Å². The van der Waals surface area contributed by atoms with Gasteiger partial charge in [-0.05, 0) is 40.4 Å². The first-order valence-electron chi connectivity index (χ1n) is 5.12. The SMILES string of the molecule is CCCN(CCC)c1nc(Cl)ncc1Br. The lowest BCUT2D eigenvalue weighted by Crippen LogP contribution is -2.26. The van der Waals surface area contributed by atoms with Gasteiger partial charge < -0.3 is 4.90 Å². The van der Waals surface area contributed by atoms with Gasteiger partial charge in [0.05, 0.1) is 4.47 Å². The van der Waals surface area contributed by atoms with Crippen molar-refractivity contribution in [2.75, 3.05) is 18.0 Å². The van der Waals surface area contributed by atoms with Crippen molar-refractivity contribution < 1.29 is 0 Å². The zero-order chi connectivity index (χ0) is 11.3. The molecule has 84 valence electrons. The molecule has 0 aliphatic heterocycles. The van der Waals surface area contributed by atoms with Crippen molar-refractivity contribution in [1.82, 2.24) is 9.97 Å². The molecule has 3 nitrogen and oxygen atoms in total. The first-order chi connectivity index (χ1) is 7.19. The Morgan fingerprint density at radius 2 is 1.93 bits per heavy atom. The van der Waals surface area contributed by atoms with E-state index in [1.54, 1.807) is 6.20 Å². The highest BCUT2D eigenvalue weighted by Crippen LogP contribution is 2.24. The van der Waals surface area contributed by atoms with Crippen molar-refractivity contribution in [2.24, 2.45) is 0 Å². The highest BCUT2D eigenvalue weighted by molar-refractivity contribution is 9.10. The van der Waals surface area contributed by atoms with Gasteiger partial charge in [-0.2, -0.15) is 4.98 Å². The Morgan fingerprint density at radius 1 is 1.33 bits per heavy atom. The molecule has 0 aromatic carbocycles. The molecule has 1 aromatic rings. The molecule has 1 rings (SSSR count). The molecule has 0 radical (unpaired) electrons. The molecule has 0 aliphatic carbocycles. The van der Waals surface area contributed by atoms with Gasteiger partial charge in [-0.25, -0.2) is 4.98 Å². The molecule has 0 aliphatic rings. The maximum atomic E-state index is 5.79. The number of halogens is 2. The number of anilines is 1. The molecule has 0 saturated carbocycles. The third-order valence-corrected chi connectivity index (χ3v) is 2.72. The molecule has 0 amide bonds. The quantitative estimate of drug-likeness (QED) is 0.778. The molecule has 15 heavy (non-hydrogen) atoms. The summed E-state index contributed by atoms with van der Waals surface area (Å²) in [5.41, 5.74) is 0. The average molecular weight is 293 g/mol. The van der Waals surface area contributed by atoms with E-state index in [1.165, 1.54) is 0 Å². The van der Waals surface area contributed by atoms with Crippen LogP contribution in [0.5, 0.6) is 0 Å². The summed E-state index contributed by atoms with van der Waals surface area (Å²) in [5.74, 6) is 0.888. The summed E-state index contributed by atoms with van der Waals surface area (Å²) in [4.78, 5) is 10.4. The van der Waals surface area contributed by atoms with E-state index in [0.29, 0.717) is 5.28 Å². The molecule has 1 aromatic heterocycles. The summed E-state index contributed by atoms with van der Waals surface area (Å²) in [7, 11) is 0. The van der Waals surface area contributed by atoms with Crippen molar-refractivity contribution in [3.8, 4) is 0 Å². The third kappa shape index (κ3) is 3.61. The predicted molar refractivity (Wildman–Crippen MR) is 67.5 cm³/mol. The van der Waals surface area contributed by atoms with Crippen molar-refractivity contribution in [3.05, 3.63) is 16.0 Å². The number of hydrogen-bond acceptors (Lipinski definition) is 3. The van der Waals surface area contributed by atoms with Crippen molar-refractivity contribution in [1.29, 1.82) is 0 Å². The van der Waals surface area contributed by atoms with Crippen LogP contribution in [0, 0.1) is 0 Å². The Balaban J connectivity index is 2.93. The molecule has 0 spiro atoms. The van der Waals surface area contributed by atoms with Gasteiger partial charge >= 0.3 is 0 Å². The summed E-state index contributed by atoms with van der Waals surface area (Å²) in [6.07, 6.45) is 3.88. The van der Waals surface area contributed by atoms with Gasteiger partial charge in [-0.3, -0.25) is 0 Å². The summed E-state index contributed by atoms with van der Waals surface area (Å²) in [5, 5.41) is 0.297. The van der Waals surface area contributed by atoms with Crippen molar-refractivity contribution in [2.45, 2.75) is 26.7 Å². The van der Waals surface area contributed by atoms with E-state index in [1.807, 2.05) is 0 Å². The maximum absolute atomic E-state index is 5.79. The molecule has 0 bridgehead atoms. The van der Waals surface area contributed by atoms with Gasteiger partial charge in [0.1, 0.15) is 5.82 Å². The lowest BCUT2D eigenvalue weighted by molar-refractivity contribution is 0.730. The van der Waals surface area contributed by atoms with Crippen LogP contribution in [-0.2, 0) is 0 Å². The maximum Gasteiger partial charge on any atom is 0.224 e. The summed E-state index contributed by atoms with van der Waals surface area (Å²) in [6, 6.07) is 0.